The molecular formula is C9H12ClNOS. The van der Waals surface area contributed by atoms with Gasteiger partial charge in [0.2, 0.25) is 0 Å². The summed E-state index contributed by atoms with van der Waals surface area (Å²) in [5.74, 6) is 0.0773. The molecule has 0 atom stereocenters. The minimum Gasteiger partial charge on any atom is -0.310 e. The molecule has 0 aromatic carbocycles. The zero-order chi connectivity index (χ0) is 9.68. The van der Waals surface area contributed by atoms with E-state index in [9.17, 15) is 4.79 Å². The van der Waals surface area contributed by atoms with Crippen molar-refractivity contribution in [2.24, 2.45) is 0 Å². The van der Waals surface area contributed by atoms with E-state index in [1.807, 2.05) is 5.38 Å². The number of carbonyl (C=O) groups is 1. The molecule has 4 heteroatoms. The first-order chi connectivity index (χ1) is 6.25. The maximum absolute atomic E-state index is 11.5. The van der Waals surface area contributed by atoms with Gasteiger partial charge in [-0.15, -0.1) is 11.3 Å². The second-order valence-corrected chi connectivity index (χ2v) is 4.02. The van der Waals surface area contributed by atoms with Crippen LogP contribution < -0.4 is 5.32 Å². The van der Waals surface area contributed by atoms with Gasteiger partial charge in [0.1, 0.15) is 0 Å². The molecule has 0 amide bonds. The van der Waals surface area contributed by atoms with E-state index in [-0.39, 0.29) is 5.78 Å². The highest BCUT2D eigenvalue weighted by Crippen LogP contribution is 2.21. The molecule has 0 bridgehead atoms. The average molecular weight is 218 g/mol. The van der Waals surface area contributed by atoms with Crippen molar-refractivity contribution in [3.05, 3.63) is 21.3 Å². The summed E-state index contributed by atoms with van der Waals surface area (Å²) in [5, 5.41) is 5.44. The van der Waals surface area contributed by atoms with Gasteiger partial charge in [0.15, 0.2) is 5.78 Å². The predicted molar refractivity (Wildman–Crippen MR) is 56.8 cm³/mol. The molecule has 2 nitrogen and oxygen atoms in total. The summed E-state index contributed by atoms with van der Waals surface area (Å²) >= 11 is 7.20. The van der Waals surface area contributed by atoms with Crippen LogP contribution in [0.15, 0.2) is 11.4 Å². The lowest BCUT2D eigenvalue weighted by molar-refractivity contribution is 0.0995. The van der Waals surface area contributed by atoms with Crippen molar-refractivity contribution in [3.8, 4) is 0 Å². The normalized spacial score (nSPS) is 10.3. The Kier molecular flexibility index (Phi) is 4.42. The van der Waals surface area contributed by atoms with Gasteiger partial charge in [-0.1, -0.05) is 18.5 Å². The SMILES string of the molecule is CCCNCC(=O)c1sccc1Cl. The van der Waals surface area contributed by atoms with E-state index >= 15 is 0 Å². The molecule has 0 aliphatic rings. The topological polar surface area (TPSA) is 29.1 Å². The first-order valence-electron chi connectivity index (χ1n) is 4.22. The molecular weight excluding hydrogens is 206 g/mol. The lowest BCUT2D eigenvalue weighted by Gasteiger charge is -2.00. The van der Waals surface area contributed by atoms with Crippen molar-refractivity contribution in [1.82, 2.24) is 5.32 Å². The Morgan fingerprint density at radius 1 is 1.69 bits per heavy atom. The van der Waals surface area contributed by atoms with E-state index in [4.69, 9.17) is 11.6 Å². The molecule has 0 radical (unpaired) electrons. The van der Waals surface area contributed by atoms with Gasteiger partial charge in [-0.05, 0) is 24.4 Å². The Balaban J connectivity index is 2.45. The van der Waals surface area contributed by atoms with Crippen LogP contribution in [0.4, 0.5) is 0 Å². The van der Waals surface area contributed by atoms with E-state index in [1.54, 1.807) is 6.07 Å². The molecule has 0 spiro atoms. The molecule has 13 heavy (non-hydrogen) atoms. The second kappa shape index (κ2) is 5.37. The summed E-state index contributed by atoms with van der Waals surface area (Å²) in [6.45, 7) is 3.32. The van der Waals surface area contributed by atoms with Crippen LogP contribution in [0.1, 0.15) is 23.0 Å². The quantitative estimate of drug-likeness (QED) is 0.607. The standard InChI is InChI=1S/C9H12ClNOS/c1-2-4-11-6-8(12)9-7(10)3-5-13-9/h3,5,11H,2,4,6H2,1H3. The van der Waals surface area contributed by atoms with Gasteiger partial charge in [-0.2, -0.15) is 0 Å². The number of thiophene rings is 1. The minimum atomic E-state index is 0.0773. The maximum atomic E-state index is 11.5. The third-order valence-electron chi connectivity index (χ3n) is 1.58. The van der Waals surface area contributed by atoms with Gasteiger partial charge in [0.05, 0.1) is 16.4 Å². The number of halogens is 1. The van der Waals surface area contributed by atoms with E-state index in [0.717, 1.165) is 13.0 Å². The Morgan fingerprint density at radius 3 is 3.00 bits per heavy atom. The van der Waals surface area contributed by atoms with Crippen molar-refractivity contribution in [2.45, 2.75) is 13.3 Å². The minimum absolute atomic E-state index is 0.0773. The molecule has 1 aromatic heterocycles. The van der Waals surface area contributed by atoms with Crippen LogP contribution in [0.5, 0.6) is 0 Å². The van der Waals surface area contributed by atoms with Crippen LogP contribution in [-0.2, 0) is 0 Å². The number of ketones is 1. The highest BCUT2D eigenvalue weighted by atomic mass is 35.5. The zero-order valence-corrected chi connectivity index (χ0v) is 9.04. The fourth-order valence-corrected chi connectivity index (χ4v) is 2.05. The number of rotatable bonds is 5. The number of hydrogen-bond acceptors (Lipinski definition) is 3. The molecule has 1 heterocycles. The van der Waals surface area contributed by atoms with Crippen LogP contribution in [0, 0.1) is 0 Å². The van der Waals surface area contributed by atoms with Gasteiger partial charge in [-0.3, -0.25) is 4.79 Å². The van der Waals surface area contributed by atoms with Crippen LogP contribution in [0.3, 0.4) is 0 Å². The third-order valence-corrected chi connectivity index (χ3v) is 2.97. The van der Waals surface area contributed by atoms with E-state index < -0.39 is 0 Å². The largest absolute Gasteiger partial charge is 0.310 e. The molecule has 1 rings (SSSR count). The third kappa shape index (κ3) is 3.10. The van der Waals surface area contributed by atoms with Gasteiger partial charge >= 0.3 is 0 Å². The van der Waals surface area contributed by atoms with Crippen molar-refractivity contribution in [2.75, 3.05) is 13.1 Å². The smallest absolute Gasteiger partial charge is 0.188 e. The van der Waals surface area contributed by atoms with Crippen molar-refractivity contribution in [1.29, 1.82) is 0 Å². The molecule has 1 N–H and O–H groups in total. The molecule has 1 aromatic rings. The van der Waals surface area contributed by atoms with Crippen LogP contribution >= 0.6 is 22.9 Å². The van der Waals surface area contributed by atoms with Crippen molar-refractivity contribution in [3.63, 3.8) is 0 Å². The first kappa shape index (κ1) is 10.7. The van der Waals surface area contributed by atoms with Crippen molar-refractivity contribution >= 4 is 28.7 Å². The molecule has 0 saturated carbocycles. The van der Waals surface area contributed by atoms with Gasteiger partial charge in [0.25, 0.3) is 0 Å². The van der Waals surface area contributed by atoms with E-state index in [0.29, 0.717) is 16.4 Å². The van der Waals surface area contributed by atoms with Gasteiger partial charge < -0.3 is 5.32 Å². The summed E-state index contributed by atoms with van der Waals surface area (Å²) in [7, 11) is 0. The number of hydrogen-bond donors (Lipinski definition) is 1. The Bertz CT molecular complexity index is 285. The summed E-state index contributed by atoms with van der Waals surface area (Å²) in [6, 6.07) is 1.75. The summed E-state index contributed by atoms with van der Waals surface area (Å²) in [6.07, 6.45) is 1.03. The van der Waals surface area contributed by atoms with Crippen molar-refractivity contribution < 1.29 is 4.79 Å². The predicted octanol–water partition coefficient (Wildman–Crippen LogP) is 2.58. The monoisotopic (exact) mass is 217 g/mol. The Hall–Kier alpha value is -0.380. The van der Waals surface area contributed by atoms with Gasteiger partial charge in [0, 0.05) is 0 Å². The summed E-state index contributed by atoms with van der Waals surface area (Å²) in [4.78, 5) is 12.1. The Morgan fingerprint density at radius 2 is 2.46 bits per heavy atom. The van der Waals surface area contributed by atoms with E-state index in [2.05, 4.69) is 12.2 Å². The molecule has 0 fully saturated rings. The molecule has 0 aliphatic carbocycles. The zero-order valence-electron chi connectivity index (χ0n) is 7.47. The van der Waals surface area contributed by atoms with E-state index in [1.165, 1.54) is 11.3 Å². The fraction of sp³-hybridized carbons (Fsp3) is 0.444. The summed E-state index contributed by atoms with van der Waals surface area (Å²) < 4.78 is 0. The number of Topliss-reactive ketones (excluding diaryl/α,β-unsaturated/α-hetero) is 1. The second-order valence-electron chi connectivity index (χ2n) is 2.70. The van der Waals surface area contributed by atoms with Crippen LogP contribution in [0.25, 0.3) is 0 Å². The molecule has 0 saturated heterocycles. The highest BCUT2D eigenvalue weighted by Gasteiger charge is 2.10. The molecule has 0 aliphatic heterocycles. The first-order valence-corrected chi connectivity index (χ1v) is 5.48. The summed E-state index contributed by atoms with van der Waals surface area (Å²) in [5.41, 5.74) is 0. The lowest BCUT2D eigenvalue weighted by atomic mass is 10.3. The Labute approximate surface area is 86.9 Å². The molecule has 72 valence electrons. The number of nitrogens with one attached hydrogen (secondary N) is 1. The van der Waals surface area contributed by atoms with Crippen LogP contribution in [0.2, 0.25) is 5.02 Å². The fourth-order valence-electron chi connectivity index (χ4n) is 0.952. The molecule has 0 unspecified atom stereocenters. The number of carbonyl (C=O) groups excluding carboxylic acids is 1. The average Bonchev–Trinajstić information content (AvgIpc) is 2.52. The lowest BCUT2D eigenvalue weighted by Crippen LogP contribution is -2.23. The van der Waals surface area contributed by atoms with Gasteiger partial charge in [-0.25, -0.2) is 0 Å². The highest BCUT2D eigenvalue weighted by molar-refractivity contribution is 7.12. The maximum Gasteiger partial charge on any atom is 0.188 e. The van der Waals surface area contributed by atoms with Crippen LogP contribution in [-0.4, -0.2) is 18.9 Å².